The second-order valence-electron chi connectivity index (χ2n) is 5.10. The molecule has 1 rings (SSSR count). The summed E-state index contributed by atoms with van der Waals surface area (Å²) in [5, 5.41) is 0.751. The van der Waals surface area contributed by atoms with E-state index in [9.17, 15) is 0 Å². The van der Waals surface area contributed by atoms with Gasteiger partial charge in [-0.2, -0.15) is 0 Å². The first-order valence-corrected chi connectivity index (χ1v) is 7.64. The Morgan fingerprint density at radius 2 is 2.05 bits per heavy atom. The third-order valence-corrected chi connectivity index (χ3v) is 3.69. The fraction of sp³-hybridized carbons (Fsp3) is 0.625. The Hall–Kier alpha value is -0.570. The Morgan fingerprint density at radius 3 is 2.68 bits per heavy atom. The second kappa shape index (κ2) is 9.35. The van der Waals surface area contributed by atoms with Crippen LogP contribution >= 0.6 is 11.6 Å². The lowest BCUT2D eigenvalue weighted by molar-refractivity contribution is 0.0459. The summed E-state index contributed by atoms with van der Waals surface area (Å²) in [4.78, 5) is 0. The maximum Gasteiger partial charge on any atom is 0.0734 e. The molecule has 108 valence electrons. The van der Waals surface area contributed by atoms with Gasteiger partial charge in [-0.3, -0.25) is 0 Å². The van der Waals surface area contributed by atoms with E-state index in [1.165, 1.54) is 25.7 Å². The maximum absolute atomic E-state index is 6.20. The van der Waals surface area contributed by atoms with Crippen molar-refractivity contribution in [1.29, 1.82) is 0 Å². The van der Waals surface area contributed by atoms with Crippen molar-refractivity contribution < 1.29 is 4.74 Å². The highest BCUT2D eigenvalue weighted by molar-refractivity contribution is 6.31. The van der Waals surface area contributed by atoms with E-state index in [0.29, 0.717) is 19.3 Å². The van der Waals surface area contributed by atoms with Gasteiger partial charge in [0.05, 0.1) is 12.7 Å². The van der Waals surface area contributed by atoms with Crippen LogP contribution in [0.5, 0.6) is 0 Å². The van der Waals surface area contributed by atoms with Crippen molar-refractivity contribution in [1.82, 2.24) is 0 Å². The first kappa shape index (κ1) is 16.5. The number of hydrogen-bond donors (Lipinski definition) is 1. The Bertz CT molecular complexity index is 368. The molecular formula is C16H26ClNO. The van der Waals surface area contributed by atoms with Crippen LogP contribution in [0.3, 0.4) is 0 Å². The van der Waals surface area contributed by atoms with E-state index < -0.39 is 0 Å². The minimum Gasteiger partial charge on any atom is -0.374 e. The summed E-state index contributed by atoms with van der Waals surface area (Å²) in [6, 6.07) is 5.94. The molecular weight excluding hydrogens is 258 g/mol. The Morgan fingerprint density at radius 1 is 1.26 bits per heavy atom. The van der Waals surface area contributed by atoms with Crippen LogP contribution in [0.15, 0.2) is 18.2 Å². The summed E-state index contributed by atoms with van der Waals surface area (Å²) in [5.41, 5.74) is 7.68. The van der Waals surface area contributed by atoms with Crippen LogP contribution in [-0.4, -0.2) is 6.10 Å². The highest BCUT2D eigenvalue weighted by Gasteiger charge is 2.06. The summed E-state index contributed by atoms with van der Waals surface area (Å²) >= 11 is 6.20. The van der Waals surface area contributed by atoms with Crippen molar-refractivity contribution in [3.05, 3.63) is 34.3 Å². The number of ether oxygens (including phenoxy) is 1. The molecule has 19 heavy (non-hydrogen) atoms. The lowest BCUT2D eigenvalue weighted by atomic mass is 10.1. The molecule has 1 aromatic rings. The van der Waals surface area contributed by atoms with Gasteiger partial charge in [-0.25, -0.2) is 0 Å². The average molecular weight is 284 g/mol. The number of rotatable bonds is 9. The molecule has 0 saturated heterocycles. The number of unbranched alkanes of at least 4 members (excludes halogenated alkanes) is 3. The molecule has 0 amide bonds. The van der Waals surface area contributed by atoms with Gasteiger partial charge >= 0.3 is 0 Å². The lowest BCUT2D eigenvalue weighted by Gasteiger charge is -2.14. The molecule has 2 N–H and O–H groups in total. The van der Waals surface area contributed by atoms with E-state index in [-0.39, 0.29) is 0 Å². The highest BCUT2D eigenvalue weighted by atomic mass is 35.5. The molecule has 0 bridgehead atoms. The van der Waals surface area contributed by atoms with Gasteiger partial charge in [0.15, 0.2) is 0 Å². The van der Waals surface area contributed by atoms with Gasteiger partial charge in [-0.05, 0) is 30.5 Å². The number of nitrogens with two attached hydrogens (primary N) is 1. The van der Waals surface area contributed by atoms with Crippen LogP contribution < -0.4 is 5.73 Å². The zero-order valence-electron chi connectivity index (χ0n) is 12.1. The molecule has 0 radical (unpaired) electrons. The zero-order chi connectivity index (χ0) is 14.1. The second-order valence-corrected chi connectivity index (χ2v) is 5.51. The van der Waals surface area contributed by atoms with Crippen molar-refractivity contribution in [2.24, 2.45) is 5.73 Å². The number of halogens is 1. The summed E-state index contributed by atoms with van der Waals surface area (Å²) < 4.78 is 5.85. The first-order valence-electron chi connectivity index (χ1n) is 7.26. The minimum atomic E-state index is 0.294. The van der Waals surface area contributed by atoms with Crippen LogP contribution in [0.25, 0.3) is 0 Å². The van der Waals surface area contributed by atoms with E-state index in [1.807, 2.05) is 18.2 Å². The monoisotopic (exact) mass is 283 g/mol. The third-order valence-electron chi connectivity index (χ3n) is 3.34. The van der Waals surface area contributed by atoms with Crippen molar-refractivity contribution in [2.75, 3.05) is 0 Å². The molecule has 0 aliphatic heterocycles. The fourth-order valence-electron chi connectivity index (χ4n) is 2.01. The molecule has 1 aromatic carbocycles. The zero-order valence-corrected chi connectivity index (χ0v) is 12.9. The summed E-state index contributed by atoms with van der Waals surface area (Å²) in [6.07, 6.45) is 6.56. The largest absolute Gasteiger partial charge is 0.374 e. The molecule has 0 aromatic heterocycles. The average Bonchev–Trinajstić information content (AvgIpc) is 2.42. The van der Waals surface area contributed by atoms with Crippen LogP contribution in [0, 0.1) is 0 Å². The highest BCUT2D eigenvalue weighted by Crippen LogP contribution is 2.20. The maximum atomic E-state index is 6.20. The summed E-state index contributed by atoms with van der Waals surface area (Å²) in [5.74, 6) is 0. The third kappa shape index (κ3) is 6.42. The van der Waals surface area contributed by atoms with Crippen molar-refractivity contribution in [2.45, 2.75) is 65.2 Å². The summed E-state index contributed by atoms with van der Waals surface area (Å²) in [6.45, 7) is 5.47. The van der Waals surface area contributed by atoms with Crippen LogP contribution in [-0.2, 0) is 17.9 Å². The molecule has 0 aliphatic rings. The molecule has 0 heterocycles. The van der Waals surface area contributed by atoms with Crippen molar-refractivity contribution in [3.63, 3.8) is 0 Å². The minimum absolute atomic E-state index is 0.294. The van der Waals surface area contributed by atoms with Crippen molar-refractivity contribution in [3.8, 4) is 0 Å². The standard InChI is InChI=1S/C16H26ClNO/c1-3-4-5-6-7-13(2)19-12-15-9-8-14(11-18)10-16(15)17/h8-10,13H,3-7,11-12,18H2,1-2H3. The van der Waals surface area contributed by atoms with E-state index >= 15 is 0 Å². The topological polar surface area (TPSA) is 35.2 Å². The molecule has 1 atom stereocenters. The van der Waals surface area contributed by atoms with Gasteiger partial charge in [0.2, 0.25) is 0 Å². The molecule has 1 unspecified atom stereocenters. The Labute approximate surface area is 122 Å². The normalized spacial score (nSPS) is 12.6. The molecule has 0 spiro atoms. The fourth-order valence-corrected chi connectivity index (χ4v) is 2.27. The van der Waals surface area contributed by atoms with Crippen LogP contribution in [0.1, 0.15) is 57.1 Å². The Balaban J connectivity index is 2.31. The number of hydrogen-bond acceptors (Lipinski definition) is 2. The van der Waals surface area contributed by atoms with E-state index in [1.54, 1.807) is 0 Å². The predicted molar refractivity (Wildman–Crippen MR) is 82.4 cm³/mol. The van der Waals surface area contributed by atoms with Crippen LogP contribution in [0.4, 0.5) is 0 Å². The van der Waals surface area contributed by atoms with E-state index in [2.05, 4.69) is 13.8 Å². The molecule has 2 nitrogen and oxygen atoms in total. The van der Waals surface area contributed by atoms with Gasteiger partial charge in [-0.15, -0.1) is 0 Å². The lowest BCUT2D eigenvalue weighted by Crippen LogP contribution is -2.08. The van der Waals surface area contributed by atoms with Gasteiger partial charge in [0.25, 0.3) is 0 Å². The quantitative estimate of drug-likeness (QED) is 0.668. The van der Waals surface area contributed by atoms with Gasteiger partial charge in [-0.1, -0.05) is 56.3 Å². The van der Waals surface area contributed by atoms with Crippen molar-refractivity contribution >= 4 is 11.6 Å². The van der Waals surface area contributed by atoms with E-state index in [0.717, 1.165) is 22.6 Å². The van der Waals surface area contributed by atoms with Gasteiger partial charge in [0, 0.05) is 11.6 Å². The predicted octanol–water partition coefficient (Wildman–Crippen LogP) is 4.67. The van der Waals surface area contributed by atoms with Gasteiger partial charge in [0.1, 0.15) is 0 Å². The molecule has 0 fully saturated rings. The number of benzene rings is 1. The Kier molecular flexibility index (Phi) is 8.11. The SMILES string of the molecule is CCCCCCC(C)OCc1ccc(CN)cc1Cl. The smallest absolute Gasteiger partial charge is 0.0734 e. The summed E-state index contributed by atoms with van der Waals surface area (Å²) in [7, 11) is 0. The first-order chi connectivity index (χ1) is 9.17. The van der Waals surface area contributed by atoms with E-state index in [4.69, 9.17) is 22.1 Å². The van der Waals surface area contributed by atoms with Crippen LogP contribution in [0.2, 0.25) is 5.02 Å². The molecule has 0 saturated carbocycles. The van der Waals surface area contributed by atoms with Gasteiger partial charge < -0.3 is 10.5 Å². The molecule has 0 aliphatic carbocycles. The molecule has 3 heteroatoms.